The first-order valence-electron chi connectivity index (χ1n) is 10.1. The van der Waals surface area contributed by atoms with E-state index in [1.165, 1.54) is 36.4 Å². The van der Waals surface area contributed by atoms with Gasteiger partial charge < -0.3 is 4.74 Å². The van der Waals surface area contributed by atoms with E-state index in [1.807, 2.05) is 11.8 Å². The van der Waals surface area contributed by atoms with Crippen LogP contribution >= 0.6 is 11.8 Å². The number of ether oxygens (including phenoxy) is 1. The molecule has 0 N–H and O–H groups in total. The van der Waals surface area contributed by atoms with Gasteiger partial charge in [0.2, 0.25) is 0 Å². The summed E-state index contributed by atoms with van der Waals surface area (Å²) in [7, 11) is 1.79. The number of rotatable bonds is 5. The van der Waals surface area contributed by atoms with E-state index in [-0.39, 0.29) is 5.41 Å². The average Bonchev–Trinajstić information content (AvgIpc) is 3.28. The average molecular weight is 386 g/mol. The number of nitrogens with zero attached hydrogens (tertiary/aromatic N) is 3. The van der Waals surface area contributed by atoms with Crippen molar-refractivity contribution in [2.24, 2.45) is 5.92 Å². The van der Waals surface area contributed by atoms with Crippen LogP contribution in [0.15, 0.2) is 24.3 Å². The molecule has 0 radical (unpaired) electrons. The third kappa shape index (κ3) is 4.09. The third-order valence-corrected chi connectivity index (χ3v) is 6.98. The number of hydrogen-bond acceptors (Lipinski definition) is 4. The van der Waals surface area contributed by atoms with Crippen molar-refractivity contribution in [1.82, 2.24) is 14.8 Å². The normalized spacial score (nSPS) is 25.6. The largest absolute Gasteiger partial charge is 0.384 e. The summed E-state index contributed by atoms with van der Waals surface area (Å²) in [5, 5.41) is 5.00. The fourth-order valence-electron chi connectivity index (χ4n) is 3.98. The van der Waals surface area contributed by atoms with Gasteiger partial charge in [-0.3, -0.25) is 0 Å². The van der Waals surface area contributed by atoms with Crippen LogP contribution in [0.3, 0.4) is 0 Å². The molecular formula is C22H31N3OS. The van der Waals surface area contributed by atoms with Gasteiger partial charge in [0, 0.05) is 31.0 Å². The van der Waals surface area contributed by atoms with Crippen molar-refractivity contribution in [3.05, 3.63) is 35.7 Å². The molecule has 1 saturated heterocycles. The lowest BCUT2D eigenvalue weighted by molar-refractivity contribution is 0.183. The summed E-state index contributed by atoms with van der Waals surface area (Å²) in [4.78, 5) is 5.03. The predicted molar refractivity (Wildman–Crippen MR) is 112 cm³/mol. The van der Waals surface area contributed by atoms with E-state index in [4.69, 9.17) is 14.8 Å². The van der Waals surface area contributed by atoms with Gasteiger partial charge in [-0.15, -0.1) is 0 Å². The molecule has 2 aliphatic rings. The number of hydrogen-bond donors (Lipinski definition) is 0. The summed E-state index contributed by atoms with van der Waals surface area (Å²) in [5.74, 6) is 5.60. The first kappa shape index (κ1) is 19.0. The molecule has 1 aliphatic carbocycles. The monoisotopic (exact) mass is 385 g/mol. The van der Waals surface area contributed by atoms with Crippen LogP contribution in [-0.4, -0.2) is 40.0 Å². The minimum Gasteiger partial charge on any atom is -0.384 e. The number of methoxy groups -OCH3 is 1. The highest BCUT2D eigenvalue weighted by atomic mass is 32.2. The Kier molecular flexibility index (Phi) is 5.34. The van der Waals surface area contributed by atoms with Crippen molar-refractivity contribution in [3.63, 3.8) is 0 Å². The number of thioether (sulfide) groups is 1. The van der Waals surface area contributed by atoms with Gasteiger partial charge in [-0.05, 0) is 41.9 Å². The van der Waals surface area contributed by atoms with E-state index in [1.54, 1.807) is 7.11 Å². The SMILES string of the molecule is COC[C@@H]1C[C@H]1c1nc(-c2ccc(C(C)(C)C)cc2)nn1C1CCCSC1. The molecular weight excluding hydrogens is 354 g/mol. The molecule has 1 aliphatic heterocycles. The molecule has 1 saturated carbocycles. The summed E-state index contributed by atoms with van der Waals surface area (Å²) in [6.07, 6.45) is 3.67. The molecule has 1 aromatic heterocycles. The number of benzene rings is 1. The summed E-state index contributed by atoms with van der Waals surface area (Å²) >= 11 is 2.05. The quantitative estimate of drug-likeness (QED) is 0.721. The van der Waals surface area contributed by atoms with Gasteiger partial charge in [-0.25, -0.2) is 9.67 Å². The Bertz CT molecular complexity index is 772. The molecule has 2 heterocycles. The van der Waals surface area contributed by atoms with Gasteiger partial charge in [-0.1, -0.05) is 45.0 Å². The van der Waals surface area contributed by atoms with Gasteiger partial charge in [0.15, 0.2) is 5.82 Å². The lowest BCUT2D eigenvalue weighted by Gasteiger charge is -2.23. The Balaban J connectivity index is 1.64. The Labute approximate surface area is 167 Å². The fourth-order valence-corrected chi connectivity index (χ4v) is 5.09. The second-order valence-corrected chi connectivity index (χ2v) is 10.1. The summed E-state index contributed by atoms with van der Waals surface area (Å²) in [6, 6.07) is 9.28. The van der Waals surface area contributed by atoms with Gasteiger partial charge in [0.1, 0.15) is 5.82 Å². The first-order valence-corrected chi connectivity index (χ1v) is 11.3. The first-order chi connectivity index (χ1) is 13.0. The highest BCUT2D eigenvalue weighted by Crippen LogP contribution is 2.48. The van der Waals surface area contributed by atoms with Crippen molar-refractivity contribution in [2.75, 3.05) is 25.2 Å². The van der Waals surface area contributed by atoms with Crippen molar-refractivity contribution in [3.8, 4) is 11.4 Å². The summed E-state index contributed by atoms with van der Waals surface area (Å²) in [6.45, 7) is 7.57. The zero-order chi connectivity index (χ0) is 19.0. The van der Waals surface area contributed by atoms with Crippen LogP contribution in [0.1, 0.15) is 63.4 Å². The van der Waals surface area contributed by atoms with Gasteiger partial charge in [0.05, 0.1) is 6.04 Å². The van der Waals surface area contributed by atoms with Crippen molar-refractivity contribution >= 4 is 11.8 Å². The van der Waals surface area contributed by atoms with Crippen LogP contribution in [0, 0.1) is 5.92 Å². The maximum Gasteiger partial charge on any atom is 0.181 e. The van der Waals surface area contributed by atoms with Crippen LogP contribution in [0.4, 0.5) is 0 Å². The summed E-state index contributed by atoms with van der Waals surface area (Å²) in [5.41, 5.74) is 2.63. The van der Waals surface area contributed by atoms with E-state index >= 15 is 0 Å². The molecule has 2 aromatic rings. The minimum atomic E-state index is 0.164. The Hall–Kier alpha value is -1.33. The van der Waals surface area contributed by atoms with Crippen molar-refractivity contribution in [1.29, 1.82) is 0 Å². The van der Waals surface area contributed by atoms with Crippen LogP contribution in [-0.2, 0) is 10.2 Å². The van der Waals surface area contributed by atoms with Gasteiger partial charge >= 0.3 is 0 Å². The lowest BCUT2D eigenvalue weighted by atomic mass is 9.87. The zero-order valence-corrected chi connectivity index (χ0v) is 17.8. The van der Waals surface area contributed by atoms with E-state index < -0.39 is 0 Å². The topological polar surface area (TPSA) is 39.9 Å². The highest BCUT2D eigenvalue weighted by Gasteiger charge is 2.43. The maximum atomic E-state index is 5.38. The minimum absolute atomic E-state index is 0.164. The van der Waals surface area contributed by atoms with Crippen LogP contribution in [0.2, 0.25) is 0 Å². The predicted octanol–water partition coefficient (Wildman–Crippen LogP) is 5.06. The molecule has 0 bridgehead atoms. The molecule has 146 valence electrons. The molecule has 4 rings (SSSR count). The van der Waals surface area contributed by atoms with Gasteiger partial charge in [0.25, 0.3) is 0 Å². The van der Waals surface area contributed by atoms with E-state index in [9.17, 15) is 0 Å². The highest BCUT2D eigenvalue weighted by molar-refractivity contribution is 7.99. The number of aromatic nitrogens is 3. The Morgan fingerprint density at radius 3 is 2.63 bits per heavy atom. The molecule has 1 unspecified atom stereocenters. The lowest BCUT2D eigenvalue weighted by Crippen LogP contribution is -2.19. The molecule has 27 heavy (non-hydrogen) atoms. The standard InChI is InChI=1S/C22H31N3OS/c1-22(2,3)17-9-7-15(8-10-17)20-23-21(19-12-16(19)13-26-4)25(24-20)18-6-5-11-27-14-18/h7-10,16,18-19H,5-6,11-14H2,1-4H3/t16-,18?,19+/m0/s1. The Morgan fingerprint density at radius 2 is 2.00 bits per heavy atom. The Morgan fingerprint density at radius 1 is 1.22 bits per heavy atom. The second-order valence-electron chi connectivity index (χ2n) is 8.99. The van der Waals surface area contributed by atoms with Crippen LogP contribution in [0.25, 0.3) is 11.4 Å². The van der Waals surface area contributed by atoms with Crippen molar-refractivity contribution in [2.45, 2.75) is 57.4 Å². The van der Waals surface area contributed by atoms with E-state index in [2.05, 4.69) is 49.7 Å². The van der Waals surface area contributed by atoms with E-state index in [0.29, 0.717) is 17.9 Å². The molecule has 0 amide bonds. The fraction of sp³-hybridized carbons (Fsp3) is 0.636. The smallest absolute Gasteiger partial charge is 0.181 e. The molecule has 5 heteroatoms. The molecule has 3 atom stereocenters. The summed E-state index contributed by atoms with van der Waals surface area (Å²) < 4.78 is 7.64. The molecule has 0 spiro atoms. The van der Waals surface area contributed by atoms with Crippen molar-refractivity contribution < 1.29 is 4.74 Å². The van der Waals surface area contributed by atoms with Crippen LogP contribution in [0.5, 0.6) is 0 Å². The second kappa shape index (κ2) is 7.59. The van der Waals surface area contributed by atoms with Gasteiger partial charge in [-0.2, -0.15) is 16.9 Å². The molecule has 4 nitrogen and oxygen atoms in total. The van der Waals surface area contributed by atoms with E-state index in [0.717, 1.165) is 23.7 Å². The molecule has 2 fully saturated rings. The molecule has 1 aromatic carbocycles. The zero-order valence-electron chi connectivity index (χ0n) is 16.9. The van der Waals surface area contributed by atoms with Crippen LogP contribution < -0.4 is 0 Å². The maximum absolute atomic E-state index is 5.38. The third-order valence-electron chi connectivity index (χ3n) is 5.78.